The molecule has 2 rings (SSSR count). The molecule has 122 valence electrons. The number of amides is 1. The molecule has 1 amide bonds. The minimum atomic E-state index is -0.495. The average molecular weight is 372 g/mol. The van der Waals surface area contributed by atoms with Gasteiger partial charge in [-0.3, -0.25) is 0 Å². The van der Waals surface area contributed by atoms with Gasteiger partial charge in [-0.05, 0) is 61.7 Å². The number of rotatable bonds is 3. The molecule has 1 aromatic rings. The number of aromatic hydroxyl groups is 1. The van der Waals surface area contributed by atoms with Gasteiger partial charge in [-0.1, -0.05) is 6.07 Å². The van der Waals surface area contributed by atoms with E-state index < -0.39 is 11.7 Å². The molecule has 0 saturated heterocycles. The molecule has 1 fully saturated rings. The molecule has 1 saturated carbocycles. The maximum Gasteiger partial charge on any atom is 0.407 e. The smallest absolute Gasteiger partial charge is 0.407 e. The Morgan fingerprint density at radius 2 is 2.09 bits per heavy atom. The number of nitrogens with one attached hydrogen (secondary N) is 1. The average Bonchev–Trinajstić information content (AvgIpc) is 2.80. The fourth-order valence-electron chi connectivity index (χ4n) is 2.42. The summed E-state index contributed by atoms with van der Waals surface area (Å²) in [6, 6.07) is 5.19. The van der Waals surface area contributed by atoms with Crippen molar-refractivity contribution in [3.05, 3.63) is 22.7 Å². The number of halogens is 1. The summed E-state index contributed by atoms with van der Waals surface area (Å²) in [7, 11) is 0. The highest BCUT2D eigenvalue weighted by Gasteiger charge is 2.29. The third-order valence-electron chi connectivity index (χ3n) is 3.34. The van der Waals surface area contributed by atoms with Gasteiger partial charge in [0.1, 0.15) is 27.7 Å². The summed E-state index contributed by atoms with van der Waals surface area (Å²) >= 11 is 3.31. The summed E-state index contributed by atoms with van der Waals surface area (Å²) < 4.78 is 11.7. The van der Waals surface area contributed by atoms with E-state index in [0.717, 1.165) is 19.3 Å². The van der Waals surface area contributed by atoms with Crippen molar-refractivity contribution < 1.29 is 19.4 Å². The Labute approximate surface area is 139 Å². The van der Waals surface area contributed by atoms with Gasteiger partial charge in [-0.2, -0.15) is 0 Å². The van der Waals surface area contributed by atoms with Gasteiger partial charge in [0, 0.05) is 12.5 Å². The van der Waals surface area contributed by atoms with Crippen LogP contribution in [0, 0.1) is 0 Å². The van der Waals surface area contributed by atoms with Crippen molar-refractivity contribution in [2.24, 2.45) is 0 Å². The molecule has 0 heterocycles. The number of carbonyl (C=O) groups is 1. The highest BCUT2D eigenvalue weighted by molar-refractivity contribution is 9.10. The molecule has 2 N–H and O–H groups in total. The predicted octanol–water partition coefficient (Wildman–Crippen LogP) is 3.98. The zero-order chi connectivity index (χ0) is 16.3. The van der Waals surface area contributed by atoms with Crippen LogP contribution in [-0.2, 0) is 4.74 Å². The van der Waals surface area contributed by atoms with Crippen LogP contribution < -0.4 is 10.1 Å². The first-order chi connectivity index (χ1) is 10.2. The number of phenolic OH excluding ortho intramolecular Hbond substituents is 1. The third kappa shape index (κ3) is 4.80. The number of hydrogen-bond acceptors (Lipinski definition) is 4. The van der Waals surface area contributed by atoms with Crippen molar-refractivity contribution in [1.29, 1.82) is 0 Å². The van der Waals surface area contributed by atoms with E-state index in [4.69, 9.17) is 9.47 Å². The second-order valence-electron chi connectivity index (χ2n) is 6.49. The Morgan fingerprint density at radius 3 is 2.77 bits per heavy atom. The number of alkyl carbamates (subject to hydrolysis) is 1. The van der Waals surface area contributed by atoms with Gasteiger partial charge >= 0.3 is 6.09 Å². The van der Waals surface area contributed by atoms with Crippen LogP contribution in [0.25, 0.3) is 0 Å². The molecule has 0 aliphatic heterocycles. The number of hydrogen-bond donors (Lipinski definition) is 2. The molecule has 6 heteroatoms. The number of benzene rings is 1. The fraction of sp³-hybridized carbons (Fsp3) is 0.562. The van der Waals surface area contributed by atoms with Crippen LogP contribution in [0.15, 0.2) is 22.7 Å². The number of phenols is 1. The van der Waals surface area contributed by atoms with Crippen LogP contribution in [-0.4, -0.2) is 28.9 Å². The molecular formula is C16H22BrNO4. The predicted molar refractivity (Wildman–Crippen MR) is 87.2 cm³/mol. The second-order valence-corrected chi connectivity index (χ2v) is 7.28. The molecule has 1 aliphatic carbocycles. The Hall–Kier alpha value is -1.43. The maximum absolute atomic E-state index is 11.8. The van der Waals surface area contributed by atoms with Crippen LogP contribution in [0.1, 0.15) is 40.0 Å². The standard InChI is InChI=1S/C16H22BrNO4/c1-16(2,3)22-15(20)18-10-7-8-11(9-10)21-13-6-4-5-12(19)14(13)17/h4-6,10-11,19H,7-9H2,1-3H3,(H,18,20)/t10-,11+/m0/s1. The lowest BCUT2D eigenvalue weighted by Gasteiger charge is -2.22. The molecule has 5 nitrogen and oxygen atoms in total. The molecule has 0 unspecified atom stereocenters. The van der Waals surface area contributed by atoms with Crippen LogP contribution in [0.4, 0.5) is 4.79 Å². The van der Waals surface area contributed by atoms with E-state index in [0.29, 0.717) is 10.2 Å². The first-order valence-corrected chi connectivity index (χ1v) is 8.17. The highest BCUT2D eigenvalue weighted by atomic mass is 79.9. The van der Waals surface area contributed by atoms with Crippen LogP contribution in [0.2, 0.25) is 0 Å². The molecule has 0 spiro atoms. The lowest BCUT2D eigenvalue weighted by Crippen LogP contribution is -2.38. The van der Waals surface area contributed by atoms with E-state index in [2.05, 4.69) is 21.2 Å². The molecule has 0 radical (unpaired) electrons. The van der Waals surface area contributed by atoms with Crippen molar-refractivity contribution in [3.63, 3.8) is 0 Å². The summed E-state index contributed by atoms with van der Waals surface area (Å²) in [6.45, 7) is 5.52. The Balaban J connectivity index is 1.85. The first-order valence-electron chi connectivity index (χ1n) is 7.38. The topological polar surface area (TPSA) is 67.8 Å². The Bertz CT molecular complexity index is 541. The van der Waals surface area contributed by atoms with Gasteiger partial charge in [0.05, 0.1) is 0 Å². The largest absolute Gasteiger partial charge is 0.507 e. The van der Waals surface area contributed by atoms with Gasteiger partial charge in [0.15, 0.2) is 0 Å². The fourth-order valence-corrected chi connectivity index (χ4v) is 2.78. The molecule has 2 atom stereocenters. The van der Waals surface area contributed by atoms with Crippen LogP contribution in [0.3, 0.4) is 0 Å². The molecule has 22 heavy (non-hydrogen) atoms. The summed E-state index contributed by atoms with van der Waals surface area (Å²) in [4.78, 5) is 11.8. The molecule has 0 aromatic heterocycles. The van der Waals surface area contributed by atoms with E-state index >= 15 is 0 Å². The zero-order valence-corrected chi connectivity index (χ0v) is 14.6. The Kier molecular flexibility index (Phi) is 5.21. The van der Waals surface area contributed by atoms with Gasteiger partial charge in [0.2, 0.25) is 0 Å². The zero-order valence-electron chi connectivity index (χ0n) is 13.1. The maximum atomic E-state index is 11.8. The van der Waals surface area contributed by atoms with Gasteiger partial charge in [-0.15, -0.1) is 0 Å². The molecular weight excluding hydrogens is 350 g/mol. The van der Waals surface area contributed by atoms with Gasteiger partial charge in [0.25, 0.3) is 0 Å². The third-order valence-corrected chi connectivity index (χ3v) is 4.14. The lowest BCUT2D eigenvalue weighted by atomic mass is 10.2. The SMILES string of the molecule is CC(C)(C)OC(=O)N[C@H]1CC[C@@H](Oc2cccc(O)c2Br)C1. The van der Waals surface area contributed by atoms with E-state index in [1.165, 1.54) is 0 Å². The Morgan fingerprint density at radius 1 is 1.36 bits per heavy atom. The van der Waals surface area contributed by atoms with E-state index in [-0.39, 0.29) is 17.9 Å². The summed E-state index contributed by atoms with van der Waals surface area (Å²) in [5.74, 6) is 0.766. The number of ether oxygens (including phenoxy) is 2. The second kappa shape index (κ2) is 6.77. The first kappa shape index (κ1) is 16.9. The van der Waals surface area contributed by atoms with Crippen LogP contribution in [0.5, 0.6) is 11.5 Å². The molecule has 1 aromatic carbocycles. The van der Waals surface area contributed by atoms with Gasteiger partial charge in [-0.25, -0.2) is 4.79 Å². The van der Waals surface area contributed by atoms with Crippen LogP contribution >= 0.6 is 15.9 Å². The summed E-state index contributed by atoms with van der Waals surface area (Å²) in [5, 5.41) is 12.5. The molecule has 0 bridgehead atoms. The summed E-state index contributed by atoms with van der Waals surface area (Å²) in [5.41, 5.74) is -0.495. The normalized spacial score (nSPS) is 21.5. The van der Waals surface area contributed by atoms with Crippen molar-refractivity contribution in [3.8, 4) is 11.5 Å². The van der Waals surface area contributed by atoms with E-state index in [1.54, 1.807) is 18.2 Å². The van der Waals surface area contributed by atoms with Crippen molar-refractivity contribution >= 4 is 22.0 Å². The molecule has 1 aliphatic rings. The van der Waals surface area contributed by atoms with Crippen molar-refractivity contribution in [2.45, 2.75) is 57.8 Å². The summed E-state index contributed by atoms with van der Waals surface area (Å²) in [6.07, 6.45) is 2.04. The van der Waals surface area contributed by atoms with E-state index in [1.807, 2.05) is 20.8 Å². The lowest BCUT2D eigenvalue weighted by molar-refractivity contribution is 0.0503. The monoisotopic (exact) mass is 371 g/mol. The quantitative estimate of drug-likeness (QED) is 0.842. The van der Waals surface area contributed by atoms with Gasteiger partial charge < -0.3 is 19.9 Å². The van der Waals surface area contributed by atoms with Crippen molar-refractivity contribution in [1.82, 2.24) is 5.32 Å². The number of carbonyl (C=O) groups excluding carboxylic acids is 1. The van der Waals surface area contributed by atoms with E-state index in [9.17, 15) is 9.90 Å². The minimum absolute atomic E-state index is 0.0121. The minimum Gasteiger partial charge on any atom is -0.507 e. The highest BCUT2D eigenvalue weighted by Crippen LogP contribution is 2.35. The van der Waals surface area contributed by atoms with Crippen molar-refractivity contribution in [2.75, 3.05) is 0 Å².